The smallest absolute Gasteiger partial charge is 0.229 e. The van der Waals surface area contributed by atoms with E-state index in [-0.39, 0.29) is 11.8 Å². The lowest BCUT2D eigenvalue weighted by atomic mass is 9.89. The molecule has 1 aromatic heterocycles. The molecule has 0 radical (unpaired) electrons. The molecule has 2 aromatic carbocycles. The minimum absolute atomic E-state index is 0.000831. The monoisotopic (exact) mass is 430 g/mol. The molecule has 1 aliphatic rings. The van der Waals surface area contributed by atoms with Gasteiger partial charge in [0, 0.05) is 44.0 Å². The molecule has 2 heterocycles. The Balaban J connectivity index is 1.37. The first-order valence-corrected chi connectivity index (χ1v) is 11.6. The molecule has 1 saturated heterocycles. The number of hydrogen-bond acceptors (Lipinski definition) is 3. The van der Waals surface area contributed by atoms with E-state index >= 15 is 0 Å². The number of aryl methyl sites for hydroxylation is 1. The fourth-order valence-electron chi connectivity index (χ4n) is 4.62. The number of aromatic nitrogens is 2. The van der Waals surface area contributed by atoms with Crippen LogP contribution >= 0.6 is 0 Å². The molecular formula is C27H34N4O. The third-order valence-electron chi connectivity index (χ3n) is 6.48. The van der Waals surface area contributed by atoms with Crippen molar-refractivity contribution in [2.24, 2.45) is 13.0 Å². The summed E-state index contributed by atoms with van der Waals surface area (Å²) >= 11 is 0. The fourth-order valence-corrected chi connectivity index (χ4v) is 4.62. The maximum atomic E-state index is 12.4. The second-order valence-electron chi connectivity index (χ2n) is 9.23. The Hall–Kier alpha value is -2.92. The van der Waals surface area contributed by atoms with E-state index in [0.29, 0.717) is 5.92 Å². The molecule has 0 unspecified atom stereocenters. The van der Waals surface area contributed by atoms with Gasteiger partial charge in [-0.2, -0.15) is 0 Å². The van der Waals surface area contributed by atoms with Crippen molar-refractivity contribution in [2.75, 3.05) is 25.0 Å². The number of rotatable bonds is 6. The van der Waals surface area contributed by atoms with Gasteiger partial charge in [-0.15, -0.1) is 0 Å². The third-order valence-corrected chi connectivity index (χ3v) is 6.48. The lowest BCUT2D eigenvalue weighted by Gasteiger charge is -2.32. The van der Waals surface area contributed by atoms with Crippen LogP contribution in [0, 0.1) is 5.92 Å². The summed E-state index contributed by atoms with van der Waals surface area (Å²) < 4.78 is 2.12. The molecule has 168 valence electrons. The maximum absolute atomic E-state index is 12.4. The zero-order valence-electron chi connectivity index (χ0n) is 19.7. The number of amides is 1. The molecule has 0 aliphatic carbocycles. The molecule has 0 atom stereocenters. The van der Waals surface area contributed by atoms with Crippen molar-refractivity contribution in [3.8, 4) is 11.4 Å². The number of piperidine rings is 1. The number of likely N-dealkylation sites (tertiary alicyclic amines) is 1. The average molecular weight is 431 g/mol. The molecule has 0 spiro atoms. The van der Waals surface area contributed by atoms with Crippen LogP contribution in [-0.4, -0.2) is 40.5 Å². The van der Waals surface area contributed by atoms with Crippen molar-refractivity contribution >= 4 is 11.6 Å². The Morgan fingerprint density at radius 3 is 2.50 bits per heavy atom. The van der Waals surface area contributed by atoms with E-state index in [9.17, 15) is 4.79 Å². The van der Waals surface area contributed by atoms with Gasteiger partial charge in [-0.25, -0.2) is 4.98 Å². The lowest BCUT2D eigenvalue weighted by molar-refractivity contribution is -0.121. The topological polar surface area (TPSA) is 41.4 Å². The molecule has 1 aliphatic heterocycles. The summed E-state index contributed by atoms with van der Waals surface area (Å²) in [6, 6.07) is 18.9. The van der Waals surface area contributed by atoms with E-state index in [1.165, 1.54) is 5.56 Å². The van der Waals surface area contributed by atoms with Gasteiger partial charge in [-0.05, 0) is 49.5 Å². The predicted octanol–water partition coefficient (Wildman–Crippen LogP) is 5.09. The Morgan fingerprint density at radius 2 is 1.81 bits per heavy atom. The van der Waals surface area contributed by atoms with Crippen LogP contribution in [-0.2, 0) is 18.4 Å². The quantitative estimate of drug-likeness (QED) is 0.547. The van der Waals surface area contributed by atoms with E-state index in [0.717, 1.165) is 55.2 Å². The number of hydrogen-bond donors (Lipinski definition) is 0. The number of benzene rings is 2. The van der Waals surface area contributed by atoms with E-state index in [2.05, 4.69) is 65.2 Å². The molecule has 0 N–H and O–H groups in total. The second kappa shape index (κ2) is 9.70. The Morgan fingerprint density at radius 1 is 1.09 bits per heavy atom. The van der Waals surface area contributed by atoms with Crippen LogP contribution in [0.4, 0.5) is 5.69 Å². The largest absolute Gasteiger partial charge is 0.334 e. The average Bonchev–Trinajstić information content (AvgIpc) is 3.19. The van der Waals surface area contributed by atoms with Gasteiger partial charge in [-0.3, -0.25) is 9.69 Å². The van der Waals surface area contributed by atoms with Crippen molar-refractivity contribution < 1.29 is 4.79 Å². The highest BCUT2D eigenvalue weighted by atomic mass is 16.2. The van der Waals surface area contributed by atoms with Crippen LogP contribution in [0.3, 0.4) is 0 Å². The summed E-state index contributed by atoms with van der Waals surface area (Å²) in [5.41, 5.74) is 4.61. The summed E-state index contributed by atoms with van der Waals surface area (Å²) in [6.45, 7) is 6.91. The molecule has 1 amide bonds. The molecule has 0 saturated carbocycles. The Kier molecular flexibility index (Phi) is 6.75. The predicted molar refractivity (Wildman–Crippen MR) is 131 cm³/mol. The zero-order chi connectivity index (χ0) is 22.7. The van der Waals surface area contributed by atoms with Crippen molar-refractivity contribution in [3.05, 3.63) is 72.1 Å². The summed E-state index contributed by atoms with van der Waals surface area (Å²) in [4.78, 5) is 21.6. The van der Waals surface area contributed by atoms with Crippen molar-refractivity contribution in [1.29, 1.82) is 0 Å². The van der Waals surface area contributed by atoms with Gasteiger partial charge in [-0.1, -0.05) is 56.3 Å². The Labute approximate surface area is 191 Å². The Bertz CT molecular complexity index is 1050. The van der Waals surface area contributed by atoms with Crippen LogP contribution in [0.15, 0.2) is 60.8 Å². The number of anilines is 1. The van der Waals surface area contributed by atoms with Crippen LogP contribution in [0.5, 0.6) is 0 Å². The highest BCUT2D eigenvalue weighted by molar-refractivity contribution is 5.94. The standard InChI is InChI=1S/C27H34N4O/c1-20(2)27(32)30(4)25-12-8-11-23(17-25)21-13-15-31(16-14-21)19-24-18-29(3)26(28-24)22-9-6-5-7-10-22/h5-12,17-18,20-21H,13-16,19H2,1-4H3. The molecule has 5 nitrogen and oxygen atoms in total. The highest BCUT2D eigenvalue weighted by Gasteiger charge is 2.23. The fraction of sp³-hybridized carbons (Fsp3) is 0.407. The molecular weight excluding hydrogens is 396 g/mol. The van der Waals surface area contributed by atoms with Gasteiger partial charge in [0.1, 0.15) is 5.82 Å². The first-order chi connectivity index (χ1) is 15.4. The highest BCUT2D eigenvalue weighted by Crippen LogP contribution is 2.31. The molecule has 3 aromatic rings. The van der Waals surface area contributed by atoms with Gasteiger partial charge in [0.2, 0.25) is 5.91 Å². The van der Waals surface area contributed by atoms with Gasteiger partial charge in [0.05, 0.1) is 5.69 Å². The number of carbonyl (C=O) groups is 1. The SMILES string of the molecule is CC(C)C(=O)N(C)c1cccc(C2CCN(Cc3cn(C)c(-c4ccccc4)n3)CC2)c1. The van der Waals surface area contributed by atoms with Crippen molar-refractivity contribution in [1.82, 2.24) is 14.5 Å². The van der Waals surface area contributed by atoms with Crippen LogP contribution in [0.25, 0.3) is 11.4 Å². The maximum Gasteiger partial charge on any atom is 0.229 e. The minimum Gasteiger partial charge on any atom is -0.334 e. The summed E-state index contributed by atoms with van der Waals surface area (Å²) in [6.07, 6.45) is 4.41. The molecule has 5 heteroatoms. The summed E-state index contributed by atoms with van der Waals surface area (Å²) in [5.74, 6) is 1.72. The molecule has 0 bridgehead atoms. The normalized spacial score (nSPS) is 15.3. The first kappa shape index (κ1) is 22.3. The van der Waals surface area contributed by atoms with Crippen LogP contribution < -0.4 is 4.90 Å². The van der Waals surface area contributed by atoms with Gasteiger partial charge in [0.15, 0.2) is 0 Å². The van der Waals surface area contributed by atoms with E-state index < -0.39 is 0 Å². The molecule has 1 fully saturated rings. The van der Waals surface area contributed by atoms with Crippen LogP contribution in [0.2, 0.25) is 0 Å². The zero-order valence-corrected chi connectivity index (χ0v) is 19.7. The van der Waals surface area contributed by atoms with E-state index in [1.54, 1.807) is 4.90 Å². The van der Waals surface area contributed by atoms with Gasteiger partial charge >= 0.3 is 0 Å². The number of carbonyl (C=O) groups excluding carboxylic acids is 1. The first-order valence-electron chi connectivity index (χ1n) is 11.6. The minimum atomic E-state index is 0.000831. The summed E-state index contributed by atoms with van der Waals surface area (Å²) in [5, 5.41) is 0. The molecule has 4 rings (SSSR count). The number of imidazole rings is 1. The third kappa shape index (κ3) is 4.94. The van der Waals surface area contributed by atoms with E-state index in [1.807, 2.05) is 33.0 Å². The van der Waals surface area contributed by atoms with Gasteiger partial charge < -0.3 is 9.47 Å². The van der Waals surface area contributed by atoms with Crippen molar-refractivity contribution in [2.45, 2.75) is 39.2 Å². The number of nitrogens with zero attached hydrogens (tertiary/aromatic N) is 4. The summed E-state index contributed by atoms with van der Waals surface area (Å²) in [7, 11) is 3.94. The molecule has 32 heavy (non-hydrogen) atoms. The second-order valence-corrected chi connectivity index (χ2v) is 9.23. The lowest BCUT2D eigenvalue weighted by Crippen LogP contribution is -2.33. The van der Waals surface area contributed by atoms with Crippen LogP contribution in [0.1, 0.15) is 43.9 Å². The van der Waals surface area contributed by atoms with Crippen molar-refractivity contribution in [3.63, 3.8) is 0 Å². The van der Waals surface area contributed by atoms with E-state index in [4.69, 9.17) is 4.98 Å². The van der Waals surface area contributed by atoms with Gasteiger partial charge in [0.25, 0.3) is 0 Å².